The second kappa shape index (κ2) is 10.7. The number of anilines is 1. The molecule has 0 aliphatic heterocycles. The lowest BCUT2D eigenvalue weighted by molar-refractivity contribution is -0.136. The highest BCUT2D eigenvalue weighted by atomic mass is 16.5. The first-order chi connectivity index (χ1) is 15.9. The molecule has 0 saturated heterocycles. The Labute approximate surface area is 191 Å². The number of hydrazone groups is 1. The van der Waals surface area contributed by atoms with E-state index >= 15 is 0 Å². The molecule has 168 valence electrons. The minimum Gasteiger partial charge on any atom is -0.495 e. The van der Waals surface area contributed by atoms with Gasteiger partial charge in [0.2, 0.25) is 0 Å². The molecule has 0 aliphatic rings. The summed E-state index contributed by atoms with van der Waals surface area (Å²) < 4.78 is 10.6. The van der Waals surface area contributed by atoms with E-state index in [-0.39, 0.29) is 0 Å². The number of amides is 2. The largest absolute Gasteiger partial charge is 0.495 e. The number of carbonyl (C=O) groups excluding carboxylic acids is 3. The molecule has 3 aromatic carbocycles. The Balaban J connectivity index is 1.59. The molecule has 0 atom stereocenters. The molecule has 8 nitrogen and oxygen atoms in total. The Hall–Kier alpha value is -4.46. The molecule has 0 aromatic heterocycles. The van der Waals surface area contributed by atoms with Gasteiger partial charge in [-0.1, -0.05) is 30.3 Å². The van der Waals surface area contributed by atoms with Gasteiger partial charge in [-0.25, -0.2) is 10.2 Å². The van der Waals surface area contributed by atoms with E-state index in [0.717, 1.165) is 5.56 Å². The van der Waals surface area contributed by atoms with Crippen LogP contribution in [-0.4, -0.2) is 30.6 Å². The summed E-state index contributed by atoms with van der Waals surface area (Å²) in [7, 11) is 1.47. The molecular weight excluding hydrogens is 422 g/mol. The highest BCUT2D eigenvalue weighted by Gasteiger charge is 2.15. The Kier molecular flexibility index (Phi) is 7.54. The molecule has 0 fully saturated rings. The molecule has 2 N–H and O–H groups in total. The maximum absolute atomic E-state index is 12.3. The molecule has 0 bridgehead atoms. The standard InChI is InChI=1S/C25H23N3O5/c1-16-8-4-5-9-20(16)25(31)33-19-14-12-18(13-15-19)17(2)27-28-24(30)23(29)26-21-10-6-7-11-22(21)32-3/h4-15H,1-3H3,(H,26,29)(H,28,30). The lowest BCUT2D eigenvalue weighted by atomic mass is 10.1. The predicted molar refractivity (Wildman–Crippen MR) is 125 cm³/mol. The number of esters is 1. The van der Waals surface area contributed by atoms with Gasteiger partial charge in [0.15, 0.2) is 0 Å². The molecule has 0 saturated carbocycles. The number of aryl methyl sites for hydroxylation is 1. The lowest BCUT2D eigenvalue weighted by Gasteiger charge is -2.09. The number of carbonyl (C=O) groups is 3. The van der Waals surface area contributed by atoms with Crippen molar-refractivity contribution in [2.45, 2.75) is 13.8 Å². The second-order valence-electron chi connectivity index (χ2n) is 7.02. The van der Waals surface area contributed by atoms with Gasteiger partial charge in [-0.2, -0.15) is 5.10 Å². The zero-order valence-corrected chi connectivity index (χ0v) is 18.4. The van der Waals surface area contributed by atoms with Crippen LogP contribution >= 0.6 is 0 Å². The van der Waals surface area contributed by atoms with Gasteiger partial charge in [0.25, 0.3) is 0 Å². The van der Waals surface area contributed by atoms with Gasteiger partial charge in [0.05, 0.1) is 24.1 Å². The Morgan fingerprint density at radius 1 is 0.848 bits per heavy atom. The third kappa shape index (κ3) is 6.04. The lowest BCUT2D eigenvalue weighted by Crippen LogP contribution is -2.33. The van der Waals surface area contributed by atoms with Crippen molar-refractivity contribution in [2.24, 2.45) is 5.10 Å². The molecule has 2 amide bonds. The first-order valence-electron chi connectivity index (χ1n) is 10.1. The number of rotatable bonds is 6. The molecule has 8 heteroatoms. The summed E-state index contributed by atoms with van der Waals surface area (Å²) in [5, 5.41) is 6.44. The first kappa shape index (κ1) is 23.2. The molecule has 0 heterocycles. The van der Waals surface area contributed by atoms with Crippen LogP contribution in [0.25, 0.3) is 0 Å². The maximum atomic E-state index is 12.3. The molecule has 33 heavy (non-hydrogen) atoms. The summed E-state index contributed by atoms with van der Waals surface area (Å²) >= 11 is 0. The van der Waals surface area contributed by atoms with Gasteiger partial charge in [0.1, 0.15) is 11.5 Å². The van der Waals surface area contributed by atoms with E-state index in [9.17, 15) is 14.4 Å². The zero-order chi connectivity index (χ0) is 23.8. The van der Waals surface area contributed by atoms with Crippen LogP contribution in [0, 0.1) is 6.92 Å². The molecule has 0 spiro atoms. The van der Waals surface area contributed by atoms with Crippen LogP contribution in [0.1, 0.15) is 28.4 Å². The smallest absolute Gasteiger partial charge is 0.343 e. The Morgan fingerprint density at radius 2 is 1.52 bits per heavy atom. The summed E-state index contributed by atoms with van der Waals surface area (Å²) in [6.07, 6.45) is 0. The van der Waals surface area contributed by atoms with E-state index in [2.05, 4.69) is 15.8 Å². The van der Waals surface area contributed by atoms with E-state index in [4.69, 9.17) is 9.47 Å². The Bertz CT molecular complexity index is 1200. The van der Waals surface area contributed by atoms with E-state index in [1.54, 1.807) is 67.6 Å². The normalized spacial score (nSPS) is 10.8. The van der Waals surface area contributed by atoms with Crippen LogP contribution < -0.4 is 20.2 Å². The maximum Gasteiger partial charge on any atom is 0.343 e. The van der Waals surface area contributed by atoms with Crippen molar-refractivity contribution >= 4 is 29.2 Å². The van der Waals surface area contributed by atoms with E-state index in [1.807, 2.05) is 19.1 Å². The summed E-state index contributed by atoms with van der Waals surface area (Å²) in [6, 6.07) is 20.5. The van der Waals surface area contributed by atoms with Crippen molar-refractivity contribution in [1.82, 2.24) is 5.43 Å². The number of nitrogens with one attached hydrogen (secondary N) is 2. The van der Waals surface area contributed by atoms with Gasteiger partial charge < -0.3 is 14.8 Å². The fraction of sp³-hybridized carbons (Fsp3) is 0.120. The van der Waals surface area contributed by atoms with Crippen molar-refractivity contribution in [2.75, 3.05) is 12.4 Å². The van der Waals surface area contributed by atoms with Crippen molar-refractivity contribution in [3.8, 4) is 11.5 Å². The fourth-order valence-electron chi connectivity index (χ4n) is 2.91. The second-order valence-corrected chi connectivity index (χ2v) is 7.02. The van der Waals surface area contributed by atoms with Gasteiger partial charge in [-0.3, -0.25) is 9.59 Å². The van der Waals surface area contributed by atoms with E-state index < -0.39 is 17.8 Å². The Morgan fingerprint density at radius 3 is 2.21 bits per heavy atom. The number of nitrogens with zero attached hydrogens (tertiary/aromatic N) is 1. The van der Waals surface area contributed by atoms with Crippen LogP contribution in [0.3, 0.4) is 0 Å². The van der Waals surface area contributed by atoms with Crippen LogP contribution in [0.4, 0.5) is 5.69 Å². The van der Waals surface area contributed by atoms with Gasteiger partial charge in [0, 0.05) is 0 Å². The summed E-state index contributed by atoms with van der Waals surface area (Å²) in [6.45, 7) is 3.51. The molecular formula is C25H23N3O5. The van der Waals surface area contributed by atoms with Crippen LogP contribution in [-0.2, 0) is 9.59 Å². The fourth-order valence-corrected chi connectivity index (χ4v) is 2.91. The molecule has 0 radical (unpaired) electrons. The predicted octanol–water partition coefficient (Wildman–Crippen LogP) is 3.70. The van der Waals surface area contributed by atoms with Crippen molar-refractivity contribution < 1.29 is 23.9 Å². The summed E-state index contributed by atoms with van der Waals surface area (Å²) in [5.74, 6) is -1.44. The summed E-state index contributed by atoms with van der Waals surface area (Å²) in [5.41, 5.74) is 5.06. The van der Waals surface area contributed by atoms with Crippen LogP contribution in [0.2, 0.25) is 0 Å². The topological polar surface area (TPSA) is 106 Å². The quantitative estimate of drug-likeness (QED) is 0.198. The number of benzene rings is 3. The number of methoxy groups -OCH3 is 1. The number of hydrogen-bond donors (Lipinski definition) is 2. The SMILES string of the molecule is COc1ccccc1NC(=O)C(=O)NN=C(C)c1ccc(OC(=O)c2ccccc2C)cc1. The number of ether oxygens (including phenoxy) is 2. The average Bonchev–Trinajstić information content (AvgIpc) is 2.83. The molecule has 0 unspecified atom stereocenters. The van der Waals surface area contributed by atoms with Crippen molar-refractivity contribution in [1.29, 1.82) is 0 Å². The minimum absolute atomic E-state index is 0.372. The highest BCUT2D eigenvalue weighted by Crippen LogP contribution is 2.22. The van der Waals surface area contributed by atoms with Crippen LogP contribution in [0.5, 0.6) is 11.5 Å². The molecule has 3 aromatic rings. The molecule has 3 rings (SSSR count). The third-order valence-electron chi connectivity index (χ3n) is 4.73. The number of hydrogen-bond acceptors (Lipinski definition) is 6. The average molecular weight is 445 g/mol. The summed E-state index contributed by atoms with van der Waals surface area (Å²) in [4.78, 5) is 36.5. The van der Waals surface area contributed by atoms with E-state index in [0.29, 0.717) is 34.0 Å². The first-order valence-corrected chi connectivity index (χ1v) is 10.1. The van der Waals surface area contributed by atoms with Gasteiger partial charge >= 0.3 is 17.8 Å². The molecule has 0 aliphatic carbocycles. The highest BCUT2D eigenvalue weighted by molar-refractivity contribution is 6.39. The van der Waals surface area contributed by atoms with Gasteiger partial charge in [-0.15, -0.1) is 0 Å². The monoisotopic (exact) mass is 445 g/mol. The van der Waals surface area contributed by atoms with Crippen molar-refractivity contribution in [3.63, 3.8) is 0 Å². The van der Waals surface area contributed by atoms with Gasteiger partial charge in [-0.05, 0) is 67.4 Å². The van der Waals surface area contributed by atoms with Crippen LogP contribution in [0.15, 0.2) is 77.9 Å². The zero-order valence-electron chi connectivity index (χ0n) is 18.4. The van der Waals surface area contributed by atoms with Crippen molar-refractivity contribution in [3.05, 3.63) is 89.5 Å². The minimum atomic E-state index is -0.927. The third-order valence-corrected chi connectivity index (χ3v) is 4.73. The number of para-hydroxylation sites is 2. The van der Waals surface area contributed by atoms with E-state index in [1.165, 1.54) is 7.11 Å².